The smallest absolute Gasteiger partial charge is 0.135 e. The van der Waals surface area contributed by atoms with Crippen molar-refractivity contribution < 1.29 is 9.53 Å². The summed E-state index contributed by atoms with van der Waals surface area (Å²) in [6.45, 7) is 3.39. The van der Waals surface area contributed by atoms with Crippen LogP contribution in [0, 0.1) is 5.92 Å². The summed E-state index contributed by atoms with van der Waals surface area (Å²) < 4.78 is 5.45. The first-order chi connectivity index (χ1) is 7.74. The Bertz CT molecular complexity index is 356. The molecule has 0 amide bonds. The molecule has 0 saturated carbocycles. The van der Waals surface area contributed by atoms with Crippen molar-refractivity contribution in [1.29, 1.82) is 0 Å². The van der Waals surface area contributed by atoms with Crippen molar-refractivity contribution in [1.82, 2.24) is 4.98 Å². The second-order valence-electron chi connectivity index (χ2n) is 4.39. The third kappa shape index (κ3) is 3.39. The quantitative estimate of drug-likeness (QED) is 0.809. The maximum absolute atomic E-state index is 11.0. The number of Topliss-reactive ketones (excluding diaryl/α,β-unsaturated/α-hetero) is 1. The maximum Gasteiger partial charge on any atom is 0.135 e. The Kier molecular flexibility index (Phi) is 4.07. The molecule has 1 aliphatic heterocycles. The van der Waals surface area contributed by atoms with E-state index >= 15 is 0 Å². The first-order valence-corrected chi connectivity index (χ1v) is 6.56. The fourth-order valence-electron chi connectivity index (χ4n) is 1.98. The van der Waals surface area contributed by atoms with Gasteiger partial charge in [0.25, 0.3) is 0 Å². The van der Waals surface area contributed by atoms with Gasteiger partial charge in [-0.2, -0.15) is 0 Å². The molecule has 3 nitrogen and oxygen atoms in total. The van der Waals surface area contributed by atoms with Gasteiger partial charge in [-0.05, 0) is 25.7 Å². The number of ether oxygens (including phenoxy) is 1. The van der Waals surface area contributed by atoms with Crippen LogP contribution in [0.4, 0.5) is 0 Å². The molecule has 0 aromatic carbocycles. The topological polar surface area (TPSA) is 39.2 Å². The third-order valence-corrected chi connectivity index (χ3v) is 3.76. The van der Waals surface area contributed by atoms with E-state index in [4.69, 9.17) is 4.74 Å². The summed E-state index contributed by atoms with van der Waals surface area (Å²) in [6, 6.07) is 0. The molecule has 1 saturated heterocycles. The van der Waals surface area contributed by atoms with Gasteiger partial charge in [0, 0.05) is 37.1 Å². The Hall–Kier alpha value is -0.740. The SMILES string of the molecule is CC(=O)Cc1cnc(CC2CCCOC2)s1. The Morgan fingerprint density at radius 2 is 2.56 bits per heavy atom. The normalized spacial score (nSPS) is 20.9. The van der Waals surface area contributed by atoms with Crippen molar-refractivity contribution in [2.45, 2.75) is 32.6 Å². The fraction of sp³-hybridized carbons (Fsp3) is 0.667. The van der Waals surface area contributed by atoms with Crippen molar-refractivity contribution in [3.8, 4) is 0 Å². The van der Waals surface area contributed by atoms with E-state index in [1.54, 1.807) is 18.3 Å². The van der Waals surface area contributed by atoms with Crippen molar-refractivity contribution in [3.05, 3.63) is 16.1 Å². The lowest BCUT2D eigenvalue weighted by atomic mass is 9.99. The molecule has 1 aliphatic rings. The highest BCUT2D eigenvalue weighted by atomic mass is 32.1. The highest BCUT2D eigenvalue weighted by Crippen LogP contribution is 2.22. The third-order valence-electron chi connectivity index (χ3n) is 2.74. The maximum atomic E-state index is 11.0. The molecule has 2 rings (SSSR count). The molecule has 1 aromatic rings. The first kappa shape index (κ1) is 11.7. The van der Waals surface area contributed by atoms with Crippen molar-refractivity contribution >= 4 is 17.1 Å². The van der Waals surface area contributed by atoms with Gasteiger partial charge in [0.15, 0.2) is 0 Å². The van der Waals surface area contributed by atoms with E-state index in [-0.39, 0.29) is 5.78 Å². The lowest BCUT2D eigenvalue weighted by Gasteiger charge is -2.20. The Morgan fingerprint density at radius 1 is 1.69 bits per heavy atom. The summed E-state index contributed by atoms with van der Waals surface area (Å²) in [6.07, 6.45) is 5.77. The van der Waals surface area contributed by atoms with Gasteiger partial charge in [-0.15, -0.1) is 11.3 Å². The van der Waals surface area contributed by atoms with Crippen LogP contribution >= 0.6 is 11.3 Å². The number of carbonyl (C=O) groups is 1. The molecule has 0 aliphatic carbocycles. The second-order valence-corrected chi connectivity index (χ2v) is 5.59. The van der Waals surface area contributed by atoms with Crippen LogP contribution in [0.15, 0.2) is 6.20 Å². The molecule has 0 spiro atoms. The lowest BCUT2D eigenvalue weighted by molar-refractivity contribution is -0.116. The Balaban J connectivity index is 1.88. The number of thiazole rings is 1. The van der Waals surface area contributed by atoms with Crippen LogP contribution in [0.3, 0.4) is 0 Å². The van der Waals surface area contributed by atoms with Crippen molar-refractivity contribution in [2.75, 3.05) is 13.2 Å². The van der Waals surface area contributed by atoms with E-state index in [1.807, 2.05) is 6.20 Å². The average molecular weight is 239 g/mol. The molecule has 1 atom stereocenters. The summed E-state index contributed by atoms with van der Waals surface area (Å²) in [5.74, 6) is 0.821. The zero-order chi connectivity index (χ0) is 11.4. The fourth-order valence-corrected chi connectivity index (χ4v) is 3.09. The second kappa shape index (κ2) is 5.55. The van der Waals surface area contributed by atoms with Crippen LogP contribution in [0.5, 0.6) is 0 Å². The molecular formula is C12H17NO2S. The Morgan fingerprint density at radius 3 is 3.25 bits per heavy atom. The van der Waals surface area contributed by atoms with E-state index in [0.29, 0.717) is 12.3 Å². The number of nitrogens with zero attached hydrogens (tertiary/aromatic N) is 1. The molecule has 4 heteroatoms. The zero-order valence-electron chi connectivity index (χ0n) is 9.57. The molecule has 0 radical (unpaired) electrons. The highest BCUT2D eigenvalue weighted by Gasteiger charge is 2.16. The highest BCUT2D eigenvalue weighted by molar-refractivity contribution is 7.11. The minimum atomic E-state index is 0.205. The van der Waals surface area contributed by atoms with Gasteiger partial charge in [-0.1, -0.05) is 0 Å². The zero-order valence-corrected chi connectivity index (χ0v) is 10.4. The monoisotopic (exact) mass is 239 g/mol. The van der Waals surface area contributed by atoms with E-state index in [0.717, 1.165) is 35.9 Å². The van der Waals surface area contributed by atoms with Gasteiger partial charge in [0.1, 0.15) is 5.78 Å². The summed E-state index contributed by atoms with van der Waals surface area (Å²) in [5.41, 5.74) is 0. The summed E-state index contributed by atoms with van der Waals surface area (Å²) in [5, 5.41) is 1.15. The largest absolute Gasteiger partial charge is 0.381 e. The molecule has 0 N–H and O–H groups in total. The minimum Gasteiger partial charge on any atom is -0.381 e. The molecule has 0 bridgehead atoms. The van der Waals surface area contributed by atoms with Crippen LogP contribution in [0.25, 0.3) is 0 Å². The van der Waals surface area contributed by atoms with Gasteiger partial charge >= 0.3 is 0 Å². The predicted octanol–water partition coefficient (Wildman–Crippen LogP) is 2.24. The Labute approximate surface area is 99.8 Å². The molecule has 16 heavy (non-hydrogen) atoms. The van der Waals surface area contributed by atoms with Crippen molar-refractivity contribution in [3.63, 3.8) is 0 Å². The number of hydrogen-bond acceptors (Lipinski definition) is 4. The molecule has 2 heterocycles. The molecule has 1 unspecified atom stereocenters. The van der Waals surface area contributed by atoms with Gasteiger partial charge in [-0.25, -0.2) is 4.98 Å². The minimum absolute atomic E-state index is 0.205. The number of rotatable bonds is 4. The van der Waals surface area contributed by atoms with Gasteiger partial charge < -0.3 is 4.74 Å². The number of aromatic nitrogens is 1. The summed E-state index contributed by atoms with van der Waals surface area (Å²) >= 11 is 1.67. The van der Waals surface area contributed by atoms with Gasteiger partial charge in [-0.3, -0.25) is 4.79 Å². The molecular weight excluding hydrogens is 222 g/mol. The van der Waals surface area contributed by atoms with E-state index < -0.39 is 0 Å². The van der Waals surface area contributed by atoms with Crippen LogP contribution in [-0.4, -0.2) is 24.0 Å². The summed E-state index contributed by atoms with van der Waals surface area (Å²) in [7, 11) is 0. The van der Waals surface area contributed by atoms with E-state index in [9.17, 15) is 4.79 Å². The standard InChI is InChI=1S/C12H17NO2S/c1-9(14)5-11-7-13-12(16-11)6-10-3-2-4-15-8-10/h7,10H,2-6,8H2,1H3. The average Bonchev–Trinajstić information content (AvgIpc) is 2.66. The number of ketones is 1. The number of hydrogen-bond donors (Lipinski definition) is 0. The van der Waals surface area contributed by atoms with Crippen LogP contribution < -0.4 is 0 Å². The molecule has 88 valence electrons. The number of carbonyl (C=O) groups excluding carboxylic acids is 1. The van der Waals surface area contributed by atoms with Crippen LogP contribution in [0.2, 0.25) is 0 Å². The van der Waals surface area contributed by atoms with E-state index in [2.05, 4.69) is 4.98 Å². The predicted molar refractivity (Wildman–Crippen MR) is 63.7 cm³/mol. The van der Waals surface area contributed by atoms with Crippen molar-refractivity contribution in [2.24, 2.45) is 5.92 Å². The van der Waals surface area contributed by atoms with Crippen LogP contribution in [0.1, 0.15) is 29.7 Å². The first-order valence-electron chi connectivity index (χ1n) is 5.75. The molecule has 1 fully saturated rings. The summed E-state index contributed by atoms with van der Waals surface area (Å²) in [4.78, 5) is 16.4. The van der Waals surface area contributed by atoms with Gasteiger partial charge in [0.05, 0.1) is 5.01 Å². The van der Waals surface area contributed by atoms with Gasteiger partial charge in [0.2, 0.25) is 0 Å². The lowest BCUT2D eigenvalue weighted by Crippen LogP contribution is -2.19. The van der Waals surface area contributed by atoms with E-state index in [1.165, 1.54) is 6.42 Å². The molecule has 1 aromatic heterocycles. The van der Waals surface area contributed by atoms with Crippen LogP contribution in [-0.2, 0) is 22.4 Å².